The molecule has 0 saturated heterocycles. The fourth-order valence-corrected chi connectivity index (χ4v) is 5.47. The van der Waals surface area contributed by atoms with Crippen LogP contribution in [0.25, 0.3) is 0 Å². The molecule has 1 aliphatic rings. The van der Waals surface area contributed by atoms with Gasteiger partial charge in [-0.05, 0) is 70.8 Å². The predicted octanol–water partition coefficient (Wildman–Crippen LogP) is 3.28. The number of nitrogens with one attached hydrogen (secondary N) is 1. The van der Waals surface area contributed by atoms with E-state index in [0.717, 1.165) is 0 Å². The average molecular weight is 683 g/mol. The Labute approximate surface area is 252 Å². The molecule has 2 aromatic rings. The maximum atomic E-state index is 13.8. The molecule has 0 aromatic heterocycles. The summed E-state index contributed by atoms with van der Waals surface area (Å²) < 4.78 is 26.1. The first-order chi connectivity index (χ1) is 19.6. The molecule has 3 rings (SSSR count). The van der Waals surface area contributed by atoms with Gasteiger partial charge in [0.2, 0.25) is 11.8 Å². The van der Waals surface area contributed by atoms with Crippen molar-refractivity contribution in [2.75, 3.05) is 26.8 Å². The maximum Gasteiger partial charge on any atom is 0.247 e. The van der Waals surface area contributed by atoms with E-state index in [9.17, 15) is 29.0 Å². The molecule has 2 aromatic carbocycles. The Bertz CT molecular complexity index is 1270. The van der Waals surface area contributed by atoms with Crippen LogP contribution in [0.15, 0.2) is 48.0 Å². The Morgan fingerprint density at radius 1 is 1.27 bits per heavy atom. The monoisotopic (exact) mass is 682 g/mol. The van der Waals surface area contributed by atoms with Gasteiger partial charge < -0.3 is 29.9 Å². The number of ether oxygens (including phenoxy) is 2. The highest BCUT2D eigenvalue weighted by Crippen LogP contribution is 2.37. The van der Waals surface area contributed by atoms with Gasteiger partial charge in [-0.2, -0.15) is 0 Å². The number of methoxy groups -OCH3 is 1. The van der Waals surface area contributed by atoms with Crippen LogP contribution >= 0.6 is 22.6 Å². The largest absolute Gasteiger partial charge is 0.493 e. The molecule has 0 heterocycles. The summed E-state index contributed by atoms with van der Waals surface area (Å²) in [5, 5.41) is 23.5. The van der Waals surface area contributed by atoms with Crippen LogP contribution in [0.4, 0.5) is 4.39 Å². The standard InChI is InChI=1S/C30H36FIN2O7/c1-18(2)11-27(37)34(9-7-19-5-4-6-22(31)12-19)24-15-21(30(39)33-8-10-35)16-25(28(24)38)41-29-23(32)13-20(17-36)14-26(29)40-3/h4-6,12-14,16-18,24-25,28,35,38H,7-11,15H2,1-3H3,(H,33,39)/t24-,25+,28+/m1/s1. The van der Waals surface area contributed by atoms with E-state index in [2.05, 4.69) is 5.32 Å². The molecule has 0 bridgehead atoms. The van der Waals surface area contributed by atoms with Gasteiger partial charge in [0.25, 0.3) is 0 Å². The SMILES string of the molecule is COc1cc(C=O)cc(I)c1O[C@H]1C=C(C(=O)NCCO)C[C@@H](N(CCc2cccc(F)c2)C(=O)CC(C)C)[C@@H]1O. The van der Waals surface area contributed by atoms with Crippen molar-refractivity contribution < 1.29 is 38.5 Å². The number of aliphatic hydroxyl groups excluding tert-OH is 2. The molecule has 0 fully saturated rings. The fourth-order valence-electron chi connectivity index (χ4n) is 4.72. The molecular weight excluding hydrogens is 646 g/mol. The van der Waals surface area contributed by atoms with Gasteiger partial charge in [-0.1, -0.05) is 26.0 Å². The summed E-state index contributed by atoms with van der Waals surface area (Å²) in [6.45, 7) is 3.79. The fraction of sp³-hybridized carbons (Fsp3) is 0.433. The first-order valence-corrected chi connectivity index (χ1v) is 14.5. The Hall–Kier alpha value is -3.03. The topological polar surface area (TPSA) is 125 Å². The normalized spacial score (nSPS) is 18.4. The molecule has 9 nitrogen and oxygen atoms in total. The van der Waals surface area contributed by atoms with Gasteiger partial charge in [0.1, 0.15) is 24.3 Å². The summed E-state index contributed by atoms with van der Waals surface area (Å²) in [7, 11) is 1.43. The summed E-state index contributed by atoms with van der Waals surface area (Å²) in [5.74, 6) is -0.468. The number of hydrogen-bond donors (Lipinski definition) is 3. The summed E-state index contributed by atoms with van der Waals surface area (Å²) in [4.78, 5) is 39.5. The van der Waals surface area contributed by atoms with Crippen LogP contribution < -0.4 is 14.8 Å². The van der Waals surface area contributed by atoms with Crippen LogP contribution in [0, 0.1) is 15.3 Å². The highest BCUT2D eigenvalue weighted by atomic mass is 127. The van der Waals surface area contributed by atoms with E-state index < -0.39 is 24.2 Å². The number of aldehydes is 1. The third kappa shape index (κ3) is 8.73. The van der Waals surface area contributed by atoms with E-state index in [1.165, 1.54) is 31.4 Å². The molecule has 0 unspecified atom stereocenters. The van der Waals surface area contributed by atoms with Crippen molar-refractivity contribution in [1.82, 2.24) is 10.2 Å². The van der Waals surface area contributed by atoms with Crippen LogP contribution in [0.2, 0.25) is 0 Å². The summed E-state index contributed by atoms with van der Waals surface area (Å²) >= 11 is 1.99. The molecular formula is C30H36FIN2O7. The predicted molar refractivity (Wildman–Crippen MR) is 159 cm³/mol. The lowest BCUT2D eigenvalue weighted by Crippen LogP contribution is -2.55. The van der Waals surface area contributed by atoms with Crippen molar-refractivity contribution >= 4 is 40.7 Å². The minimum atomic E-state index is -1.24. The van der Waals surface area contributed by atoms with E-state index >= 15 is 0 Å². The third-order valence-corrected chi connectivity index (χ3v) is 7.49. The molecule has 0 aliphatic heterocycles. The zero-order valence-corrected chi connectivity index (χ0v) is 25.5. The molecule has 3 N–H and O–H groups in total. The average Bonchev–Trinajstić information content (AvgIpc) is 2.93. The first-order valence-electron chi connectivity index (χ1n) is 13.4. The minimum Gasteiger partial charge on any atom is -0.493 e. The molecule has 3 atom stereocenters. The molecule has 0 radical (unpaired) electrons. The lowest BCUT2D eigenvalue weighted by Gasteiger charge is -2.41. The van der Waals surface area contributed by atoms with Gasteiger partial charge in [-0.15, -0.1) is 0 Å². The van der Waals surface area contributed by atoms with Crippen molar-refractivity contribution in [2.45, 2.75) is 51.4 Å². The van der Waals surface area contributed by atoms with E-state index in [1.807, 2.05) is 36.4 Å². The lowest BCUT2D eigenvalue weighted by atomic mass is 9.87. The summed E-state index contributed by atoms with van der Waals surface area (Å²) in [6, 6.07) is 8.39. The second kappa shape index (κ2) is 15.3. The van der Waals surface area contributed by atoms with Gasteiger partial charge in [0.15, 0.2) is 11.5 Å². The van der Waals surface area contributed by atoms with Gasteiger partial charge in [0, 0.05) is 37.1 Å². The number of halogens is 2. The van der Waals surface area contributed by atoms with Crippen molar-refractivity contribution in [2.24, 2.45) is 5.92 Å². The Kier molecular flexibility index (Phi) is 12.1. The van der Waals surface area contributed by atoms with Crippen LogP contribution in [0.3, 0.4) is 0 Å². The molecule has 0 spiro atoms. The van der Waals surface area contributed by atoms with Crippen molar-refractivity contribution in [3.8, 4) is 11.5 Å². The van der Waals surface area contributed by atoms with Gasteiger partial charge in [-0.25, -0.2) is 4.39 Å². The number of nitrogens with zero attached hydrogens (tertiary/aromatic N) is 1. The molecule has 0 saturated carbocycles. The second-order valence-corrected chi connectivity index (χ2v) is 11.4. The van der Waals surface area contributed by atoms with Gasteiger partial charge in [0.05, 0.1) is 23.3 Å². The number of amides is 2. The molecule has 2 amide bonds. The van der Waals surface area contributed by atoms with Crippen LogP contribution in [0.1, 0.15) is 42.6 Å². The van der Waals surface area contributed by atoms with Gasteiger partial charge >= 0.3 is 0 Å². The Morgan fingerprint density at radius 2 is 2.02 bits per heavy atom. The quantitative estimate of drug-likeness (QED) is 0.219. The summed E-state index contributed by atoms with van der Waals surface area (Å²) in [6.07, 6.45) is 0.492. The number of hydrogen-bond acceptors (Lipinski definition) is 7. The van der Waals surface area contributed by atoms with E-state index in [-0.39, 0.29) is 67.3 Å². The van der Waals surface area contributed by atoms with Crippen molar-refractivity contribution in [3.05, 3.63) is 68.6 Å². The highest BCUT2D eigenvalue weighted by molar-refractivity contribution is 14.1. The van der Waals surface area contributed by atoms with Crippen molar-refractivity contribution in [1.29, 1.82) is 0 Å². The number of carbonyl (C=O) groups is 3. The van der Waals surface area contributed by atoms with Crippen LogP contribution in [-0.4, -0.2) is 78.3 Å². The number of aliphatic hydroxyl groups is 2. The van der Waals surface area contributed by atoms with Crippen LogP contribution in [-0.2, 0) is 16.0 Å². The highest BCUT2D eigenvalue weighted by Gasteiger charge is 2.41. The molecule has 11 heteroatoms. The smallest absolute Gasteiger partial charge is 0.247 e. The van der Waals surface area contributed by atoms with Crippen molar-refractivity contribution in [3.63, 3.8) is 0 Å². The Morgan fingerprint density at radius 3 is 2.66 bits per heavy atom. The number of carbonyl (C=O) groups excluding carboxylic acids is 3. The first kappa shape index (κ1) is 32.5. The molecule has 1 aliphatic carbocycles. The lowest BCUT2D eigenvalue weighted by molar-refractivity contribution is -0.139. The zero-order chi connectivity index (χ0) is 30.1. The molecule has 41 heavy (non-hydrogen) atoms. The maximum absolute atomic E-state index is 13.8. The van der Waals surface area contributed by atoms with Crippen LogP contribution in [0.5, 0.6) is 11.5 Å². The van der Waals surface area contributed by atoms with Gasteiger partial charge in [-0.3, -0.25) is 14.4 Å². The summed E-state index contributed by atoms with van der Waals surface area (Å²) in [5.41, 5.74) is 1.35. The second-order valence-electron chi connectivity index (χ2n) is 10.2. The Balaban J connectivity index is 2.01. The zero-order valence-electron chi connectivity index (χ0n) is 23.3. The molecule has 222 valence electrons. The number of rotatable bonds is 13. The van der Waals surface area contributed by atoms with E-state index in [1.54, 1.807) is 23.1 Å². The minimum absolute atomic E-state index is 0.0311. The van der Waals surface area contributed by atoms with E-state index in [0.29, 0.717) is 27.4 Å². The third-order valence-electron chi connectivity index (χ3n) is 6.69. The number of benzene rings is 2. The van der Waals surface area contributed by atoms with E-state index in [4.69, 9.17) is 9.47 Å².